The number of aryl methyl sites for hydroxylation is 1. The molecular weight excluding hydrogens is 272 g/mol. The average Bonchev–Trinajstić information content (AvgIpc) is 2.48. The second-order valence-corrected chi connectivity index (χ2v) is 5.91. The summed E-state index contributed by atoms with van der Waals surface area (Å²) in [5.41, 5.74) is 7.44. The predicted molar refractivity (Wildman–Crippen MR) is 83.8 cm³/mol. The molecule has 1 aliphatic heterocycles. The minimum absolute atomic E-state index is 0.269. The normalized spacial score (nSPS) is 19.1. The van der Waals surface area contributed by atoms with E-state index in [1.54, 1.807) is 6.07 Å². The van der Waals surface area contributed by atoms with Gasteiger partial charge in [-0.15, -0.1) is 0 Å². The molecule has 0 bridgehead atoms. The summed E-state index contributed by atoms with van der Waals surface area (Å²) < 4.78 is 0. The van der Waals surface area contributed by atoms with Crippen LogP contribution in [0.15, 0.2) is 18.2 Å². The fourth-order valence-corrected chi connectivity index (χ4v) is 3.01. The lowest BCUT2D eigenvalue weighted by Crippen LogP contribution is -2.43. The lowest BCUT2D eigenvalue weighted by Gasteiger charge is -2.35. The highest BCUT2D eigenvalue weighted by Gasteiger charge is 2.24. The number of likely N-dealkylation sites (tertiary alicyclic amines) is 1. The summed E-state index contributed by atoms with van der Waals surface area (Å²) >= 11 is 5.90. The number of nitrogens with zero attached hydrogens (tertiary/aromatic N) is 1. The predicted octanol–water partition coefficient (Wildman–Crippen LogP) is 3.65. The molecule has 1 unspecified atom stereocenters. The fraction of sp³-hybridized carbons (Fsp3) is 0.562. The second-order valence-electron chi connectivity index (χ2n) is 5.50. The van der Waals surface area contributed by atoms with Crippen molar-refractivity contribution in [3.63, 3.8) is 0 Å². The smallest absolute Gasteiger partial charge is 0.223 e. The number of benzene rings is 1. The Bertz CT molecular complexity index is 476. The molecule has 0 aliphatic carbocycles. The van der Waals surface area contributed by atoms with Crippen molar-refractivity contribution in [2.45, 2.75) is 51.5 Å². The van der Waals surface area contributed by atoms with Crippen LogP contribution >= 0.6 is 11.6 Å². The SMILES string of the molecule is CCC1CCCCN1C(=O)CCc1ccc(Cl)c(N)c1. The molecule has 4 heteroatoms. The zero-order chi connectivity index (χ0) is 14.5. The van der Waals surface area contributed by atoms with E-state index < -0.39 is 0 Å². The lowest BCUT2D eigenvalue weighted by atomic mass is 9.99. The van der Waals surface area contributed by atoms with Crippen molar-refractivity contribution in [1.82, 2.24) is 4.90 Å². The van der Waals surface area contributed by atoms with E-state index in [0.29, 0.717) is 23.2 Å². The van der Waals surface area contributed by atoms with Gasteiger partial charge in [0.15, 0.2) is 0 Å². The van der Waals surface area contributed by atoms with Crippen molar-refractivity contribution in [3.05, 3.63) is 28.8 Å². The first-order chi connectivity index (χ1) is 9.61. The third-order valence-electron chi connectivity index (χ3n) is 4.11. The summed E-state index contributed by atoms with van der Waals surface area (Å²) in [7, 11) is 0. The number of carbonyl (C=O) groups excluding carboxylic acids is 1. The second kappa shape index (κ2) is 6.98. The molecule has 0 radical (unpaired) electrons. The van der Waals surface area contributed by atoms with Crippen molar-refractivity contribution in [2.24, 2.45) is 0 Å². The van der Waals surface area contributed by atoms with E-state index in [4.69, 9.17) is 17.3 Å². The van der Waals surface area contributed by atoms with Gasteiger partial charge in [0.25, 0.3) is 0 Å². The lowest BCUT2D eigenvalue weighted by molar-refractivity contribution is -0.134. The van der Waals surface area contributed by atoms with Crippen LogP contribution < -0.4 is 5.73 Å². The Balaban J connectivity index is 1.92. The van der Waals surface area contributed by atoms with E-state index in [1.165, 1.54) is 6.42 Å². The topological polar surface area (TPSA) is 46.3 Å². The first-order valence-electron chi connectivity index (χ1n) is 7.45. The van der Waals surface area contributed by atoms with Crippen molar-refractivity contribution in [1.29, 1.82) is 0 Å². The fourth-order valence-electron chi connectivity index (χ4n) is 2.90. The highest BCUT2D eigenvalue weighted by atomic mass is 35.5. The van der Waals surface area contributed by atoms with Crippen molar-refractivity contribution >= 4 is 23.2 Å². The number of nitrogen functional groups attached to an aromatic ring is 1. The van der Waals surface area contributed by atoms with Gasteiger partial charge in [0.05, 0.1) is 10.7 Å². The van der Waals surface area contributed by atoms with Crippen molar-refractivity contribution in [3.8, 4) is 0 Å². The molecular formula is C16H23ClN2O. The summed E-state index contributed by atoms with van der Waals surface area (Å²) in [5, 5.41) is 0.571. The average molecular weight is 295 g/mol. The molecule has 0 spiro atoms. The van der Waals surface area contributed by atoms with E-state index in [2.05, 4.69) is 11.8 Å². The number of rotatable bonds is 4. The summed E-state index contributed by atoms with van der Waals surface area (Å²) in [6, 6.07) is 6.04. The Labute approximate surface area is 126 Å². The summed E-state index contributed by atoms with van der Waals surface area (Å²) in [4.78, 5) is 14.4. The third-order valence-corrected chi connectivity index (χ3v) is 4.45. The monoisotopic (exact) mass is 294 g/mol. The zero-order valence-corrected chi connectivity index (χ0v) is 12.8. The molecule has 1 heterocycles. The third kappa shape index (κ3) is 3.66. The molecule has 2 rings (SSSR count). The van der Waals surface area contributed by atoms with Gasteiger partial charge in [-0.2, -0.15) is 0 Å². The molecule has 1 aromatic carbocycles. The molecule has 1 atom stereocenters. The molecule has 2 N–H and O–H groups in total. The van der Waals surface area contributed by atoms with E-state index in [1.807, 2.05) is 12.1 Å². The van der Waals surface area contributed by atoms with Crippen LogP contribution in [0.25, 0.3) is 0 Å². The van der Waals surface area contributed by atoms with Gasteiger partial charge in [0.2, 0.25) is 5.91 Å². The Morgan fingerprint density at radius 2 is 2.25 bits per heavy atom. The van der Waals surface area contributed by atoms with E-state index in [-0.39, 0.29) is 5.91 Å². The first-order valence-corrected chi connectivity index (χ1v) is 7.83. The van der Waals surface area contributed by atoms with Crippen LogP contribution in [-0.4, -0.2) is 23.4 Å². The molecule has 20 heavy (non-hydrogen) atoms. The van der Waals surface area contributed by atoms with Gasteiger partial charge < -0.3 is 10.6 Å². The number of anilines is 1. The molecule has 3 nitrogen and oxygen atoms in total. The van der Waals surface area contributed by atoms with Gasteiger partial charge in [-0.25, -0.2) is 0 Å². The van der Waals surface area contributed by atoms with Gasteiger partial charge in [-0.3, -0.25) is 4.79 Å². The maximum atomic E-state index is 12.4. The number of piperidine rings is 1. The first kappa shape index (κ1) is 15.2. The molecule has 0 saturated carbocycles. The van der Waals surface area contributed by atoms with Gasteiger partial charge in [0.1, 0.15) is 0 Å². The Kier molecular flexibility index (Phi) is 5.30. The minimum atomic E-state index is 0.269. The summed E-state index contributed by atoms with van der Waals surface area (Å²) in [5.74, 6) is 0.269. The van der Waals surface area contributed by atoms with E-state index >= 15 is 0 Å². The molecule has 110 valence electrons. The van der Waals surface area contributed by atoms with Crippen LogP contribution in [0, 0.1) is 0 Å². The quantitative estimate of drug-likeness (QED) is 0.862. The van der Waals surface area contributed by atoms with Crippen LogP contribution in [0.1, 0.15) is 44.6 Å². The number of carbonyl (C=O) groups is 1. The van der Waals surface area contributed by atoms with Crippen molar-refractivity contribution < 1.29 is 4.79 Å². The molecule has 1 fully saturated rings. The van der Waals surface area contributed by atoms with Gasteiger partial charge in [-0.05, 0) is 49.8 Å². The maximum absolute atomic E-state index is 12.4. The molecule has 1 aromatic rings. The van der Waals surface area contributed by atoms with E-state index in [0.717, 1.165) is 37.8 Å². The summed E-state index contributed by atoms with van der Waals surface area (Å²) in [6.07, 6.45) is 5.87. The minimum Gasteiger partial charge on any atom is -0.398 e. The Hall–Kier alpha value is -1.22. The molecule has 1 amide bonds. The number of hydrogen-bond acceptors (Lipinski definition) is 2. The van der Waals surface area contributed by atoms with Crippen LogP contribution in [-0.2, 0) is 11.2 Å². The summed E-state index contributed by atoms with van der Waals surface area (Å²) in [6.45, 7) is 3.08. The maximum Gasteiger partial charge on any atom is 0.223 e. The van der Waals surface area contributed by atoms with Crippen LogP contribution in [0.3, 0.4) is 0 Å². The number of halogens is 1. The van der Waals surface area contributed by atoms with Gasteiger partial charge >= 0.3 is 0 Å². The van der Waals surface area contributed by atoms with Crippen LogP contribution in [0.2, 0.25) is 5.02 Å². The highest BCUT2D eigenvalue weighted by Crippen LogP contribution is 2.22. The molecule has 0 aromatic heterocycles. The largest absolute Gasteiger partial charge is 0.398 e. The molecule has 1 aliphatic rings. The zero-order valence-electron chi connectivity index (χ0n) is 12.1. The standard InChI is InChI=1S/C16H23ClN2O/c1-2-13-5-3-4-10-19(13)16(20)9-7-12-6-8-14(17)15(18)11-12/h6,8,11,13H,2-5,7,9-10,18H2,1H3. The Morgan fingerprint density at radius 3 is 2.95 bits per heavy atom. The number of hydrogen-bond donors (Lipinski definition) is 1. The number of amides is 1. The van der Waals surface area contributed by atoms with Gasteiger partial charge in [0, 0.05) is 19.0 Å². The van der Waals surface area contributed by atoms with Crippen LogP contribution in [0.5, 0.6) is 0 Å². The molecule has 1 saturated heterocycles. The Morgan fingerprint density at radius 1 is 1.45 bits per heavy atom. The van der Waals surface area contributed by atoms with E-state index in [9.17, 15) is 4.79 Å². The van der Waals surface area contributed by atoms with Crippen LogP contribution in [0.4, 0.5) is 5.69 Å². The number of nitrogens with two attached hydrogens (primary N) is 1. The van der Waals surface area contributed by atoms with Crippen molar-refractivity contribution in [2.75, 3.05) is 12.3 Å². The van der Waals surface area contributed by atoms with Gasteiger partial charge in [-0.1, -0.05) is 24.6 Å². The highest BCUT2D eigenvalue weighted by molar-refractivity contribution is 6.33.